The highest BCUT2D eigenvalue weighted by molar-refractivity contribution is 5.68. The fraction of sp³-hybridized carbons (Fsp3) is 0.900. The summed E-state index contributed by atoms with van der Waals surface area (Å²) in [6, 6.07) is 0. The molecule has 0 saturated carbocycles. The number of carbonyl (C=O) groups excluding carboxylic acids is 1. The van der Waals surface area contributed by atoms with Gasteiger partial charge in [-0.15, -0.1) is 0 Å². The number of amides is 1. The van der Waals surface area contributed by atoms with E-state index in [4.69, 9.17) is 11.6 Å². The fourth-order valence-electron chi connectivity index (χ4n) is 0.915. The van der Waals surface area contributed by atoms with Crippen LogP contribution in [0.1, 0.15) is 40.4 Å². The van der Waals surface area contributed by atoms with Crippen LogP contribution in [0.5, 0.6) is 0 Å². The van der Waals surface area contributed by atoms with Crippen molar-refractivity contribution in [1.82, 2.24) is 4.90 Å². The lowest BCUT2D eigenvalue weighted by atomic mass is 10.1. The van der Waals surface area contributed by atoms with Gasteiger partial charge in [0.25, 0.3) is 0 Å². The van der Waals surface area contributed by atoms with Gasteiger partial charge in [-0.2, -0.15) is 0 Å². The molecule has 0 atom stereocenters. The van der Waals surface area contributed by atoms with Crippen LogP contribution in [0.2, 0.25) is 0 Å². The lowest BCUT2D eigenvalue weighted by Gasteiger charge is -2.31. The molecule has 1 N–H and O–H groups in total. The summed E-state index contributed by atoms with van der Waals surface area (Å²) < 4.78 is 42.8. The van der Waals surface area contributed by atoms with Crippen molar-refractivity contribution < 1.29 is 21.5 Å². The van der Waals surface area contributed by atoms with Crippen molar-refractivity contribution in [1.29, 1.82) is 0 Å². The van der Waals surface area contributed by atoms with Crippen molar-refractivity contribution in [2.45, 2.75) is 45.2 Å². The third-order valence-corrected chi connectivity index (χ3v) is 1.53. The van der Waals surface area contributed by atoms with Gasteiger partial charge in [0.2, 0.25) is 0 Å². The number of ether oxygens (including phenoxy) is 1. The maximum atomic E-state index is 11.8. The molecule has 0 aromatic heterocycles. The van der Waals surface area contributed by atoms with Crippen molar-refractivity contribution in [3.8, 4) is 0 Å². The van der Waals surface area contributed by atoms with Gasteiger partial charge in [-0.1, -0.05) is 0 Å². The van der Waals surface area contributed by atoms with Crippen molar-refractivity contribution in [2.24, 2.45) is 0 Å². The Morgan fingerprint density at radius 2 is 2.07 bits per heavy atom. The van der Waals surface area contributed by atoms with E-state index in [1.54, 1.807) is 20.8 Å². The normalized spacial score (nSPS) is 34.3. The average Bonchev–Trinajstić information content (AvgIpc) is 2.10. The Morgan fingerprint density at radius 1 is 1.57 bits per heavy atom. The highest BCUT2D eigenvalue weighted by atomic mass is 16.6. The topological polar surface area (TPSA) is 49.8 Å². The molecule has 1 rings (SSSR count). The lowest BCUT2D eigenvalue weighted by molar-refractivity contribution is 0.0101. The SMILES string of the molecule is [2H]C1([2H])CN(C(=O)OC(C)(C)C)CC([2H])([2H])C1([2H])O. The molecule has 1 heterocycles. The van der Waals surface area contributed by atoms with Crippen LogP contribution in [0.25, 0.3) is 0 Å². The fourth-order valence-corrected chi connectivity index (χ4v) is 0.915. The number of nitrogens with zero attached hydrogens (tertiary/aromatic N) is 1. The Kier molecular flexibility index (Phi) is 1.77. The Balaban J connectivity index is 2.95. The van der Waals surface area contributed by atoms with Crippen LogP contribution in [-0.4, -0.2) is 40.9 Å². The van der Waals surface area contributed by atoms with E-state index in [0.29, 0.717) is 0 Å². The quantitative estimate of drug-likeness (QED) is 0.651. The Morgan fingerprint density at radius 3 is 2.50 bits per heavy atom. The lowest BCUT2D eigenvalue weighted by Crippen LogP contribution is -2.42. The van der Waals surface area contributed by atoms with E-state index in [1.165, 1.54) is 0 Å². The van der Waals surface area contributed by atoms with E-state index < -0.39 is 43.6 Å². The standard InChI is InChI=1S/C10H19NO3/c1-10(2,3)14-9(13)11-6-4-8(12)5-7-11/h8,12H,4-7H2,1-3H3/i4D2,5D2,8D. The van der Waals surface area contributed by atoms with Crippen LogP contribution < -0.4 is 0 Å². The van der Waals surface area contributed by atoms with Gasteiger partial charge in [-0.05, 0) is 33.5 Å². The maximum absolute atomic E-state index is 11.8. The van der Waals surface area contributed by atoms with Crippen molar-refractivity contribution in [3.63, 3.8) is 0 Å². The average molecular weight is 206 g/mol. The number of carbonyl (C=O) groups is 1. The first-order valence-corrected chi connectivity index (χ1v) is 4.40. The molecule has 0 spiro atoms. The summed E-state index contributed by atoms with van der Waals surface area (Å²) in [6.07, 6.45) is -8.97. The van der Waals surface area contributed by atoms with Crippen molar-refractivity contribution in [2.75, 3.05) is 13.1 Å². The third-order valence-electron chi connectivity index (χ3n) is 1.53. The van der Waals surface area contributed by atoms with Crippen molar-refractivity contribution in [3.05, 3.63) is 0 Å². The second-order valence-corrected chi connectivity index (χ2v) is 4.04. The van der Waals surface area contributed by atoms with E-state index in [2.05, 4.69) is 0 Å². The highest BCUT2D eigenvalue weighted by Gasteiger charge is 2.25. The minimum atomic E-state index is -2.92. The number of hydrogen-bond donors (Lipinski definition) is 1. The Hall–Kier alpha value is -0.770. The van der Waals surface area contributed by atoms with Gasteiger partial charge in [-0.25, -0.2) is 4.79 Å². The van der Waals surface area contributed by atoms with Crippen LogP contribution in [0.4, 0.5) is 4.79 Å². The highest BCUT2D eigenvalue weighted by Crippen LogP contribution is 2.14. The summed E-state index contributed by atoms with van der Waals surface area (Å²) in [6.45, 7) is 3.72. The molecule has 82 valence electrons. The predicted molar refractivity (Wildman–Crippen MR) is 53.0 cm³/mol. The van der Waals surface area contributed by atoms with E-state index in [-0.39, 0.29) is 0 Å². The molecule has 0 bridgehead atoms. The summed E-state index contributed by atoms with van der Waals surface area (Å²) in [7, 11) is 0. The number of piperidine rings is 1. The first-order valence-electron chi connectivity index (χ1n) is 6.90. The summed E-state index contributed by atoms with van der Waals surface area (Å²) in [5.74, 6) is 0. The summed E-state index contributed by atoms with van der Waals surface area (Å²) in [4.78, 5) is 12.7. The van der Waals surface area contributed by atoms with Gasteiger partial charge in [0.1, 0.15) is 5.60 Å². The van der Waals surface area contributed by atoms with Gasteiger partial charge in [-0.3, -0.25) is 0 Å². The van der Waals surface area contributed by atoms with Gasteiger partial charge in [0.15, 0.2) is 0 Å². The molecule has 0 aliphatic carbocycles. The molecular formula is C10H19NO3. The van der Waals surface area contributed by atoms with E-state index >= 15 is 0 Å². The molecule has 4 nitrogen and oxygen atoms in total. The first kappa shape index (κ1) is 5.95. The molecule has 0 radical (unpaired) electrons. The van der Waals surface area contributed by atoms with Crippen LogP contribution >= 0.6 is 0 Å². The van der Waals surface area contributed by atoms with Gasteiger partial charge in [0.05, 0.1) is 7.45 Å². The molecule has 1 aliphatic heterocycles. The smallest absolute Gasteiger partial charge is 0.410 e. The number of likely N-dealkylation sites (tertiary alicyclic amines) is 1. The van der Waals surface area contributed by atoms with Crippen LogP contribution in [-0.2, 0) is 4.74 Å². The summed E-state index contributed by atoms with van der Waals surface area (Å²) in [5.41, 5.74) is -0.786. The molecular weight excluding hydrogens is 182 g/mol. The second-order valence-electron chi connectivity index (χ2n) is 4.04. The molecule has 1 amide bonds. The minimum Gasteiger partial charge on any atom is -0.444 e. The van der Waals surface area contributed by atoms with Crippen LogP contribution in [0, 0.1) is 0 Å². The minimum absolute atomic E-state index is 0.596. The zero-order valence-corrected chi connectivity index (χ0v) is 8.63. The molecule has 1 saturated heterocycles. The van der Waals surface area contributed by atoms with Gasteiger partial charge >= 0.3 is 6.09 Å². The molecule has 0 aromatic carbocycles. The number of aliphatic hydroxyl groups is 1. The van der Waals surface area contributed by atoms with E-state index in [0.717, 1.165) is 4.90 Å². The zero-order chi connectivity index (χ0) is 15.3. The molecule has 14 heavy (non-hydrogen) atoms. The van der Waals surface area contributed by atoms with Gasteiger partial charge < -0.3 is 14.7 Å². The summed E-state index contributed by atoms with van der Waals surface area (Å²) >= 11 is 0. The Labute approximate surface area is 91.9 Å². The predicted octanol–water partition coefficient (Wildman–Crippen LogP) is 1.38. The number of rotatable bonds is 0. The second kappa shape index (κ2) is 4.17. The molecule has 4 heteroatoms. The van der Waals surface area contributed by atoms with E-state index in [9.17, 15) is 9.90 Å². The third kappa shape index (κ3) is 3.54. The molecule has 1 fully saturated rings. The molecule has 0 unspecified atom stereocenters. The van der Waals surface area contributed by atoms with Crippen LogP contribution in [0.15, 0.2) is 0 Å². The summed E-state index contributed by atoms with van der Waals surface area (Å²) in [5, 5.41) is 9.70. The largest absolute Gasteiger partial charge is 0.444 e. The van der Waals surface area contributed by atoms with Gasteiger partial charge in [0, 0.05) is 18.6 Å². The first-order chi connectivity index (χ1) is 8.20. The molecule has 0 aromatic rings. The van der Waals surface area contributed by atoms with E-state index in [1.807, 2.05) is 0 Å². The Bertz CT molecular complexity index is 358. The van der Waals surface area contributed by atoms with Crippen molar-refractivity contribution >= 4 is 6.09 Å². The van der Waals surface area contributed by atoms with Crippen LogP contribution in [0.3, 0.4) is 0 Å². The monoisotopic (exact) mass is 206 g/mol. The maximum Gasteiger partial charge on any atom is 0.410 e. The zero-order valence-electron chi connectivity index (χ0n) is 13.6. The number of hydrogen-bond acceptors (Lipinski definition) is 3. The molecule has 1 aliphatic rings.